The summed E-state index contributed by atoms with van der Waals surface area (Å²) in [6.07, 6.45) is -0.940. The summed E-state index contributed by atoms with van der Waals surface area (Å²) in [5, 5.41) is 0. The first-order valence-electron chi connectivity index (χ1n) is 6.88. The predicted molar refractivity (Wildman–Crippen MR) is 75.8 cm³/mol. The third kappa shape index (κ3) is 9.67. The second kappa shape index (κ2) is 9.64. The number of hydrogen-bond donors (Lipinski definition) is 1. The molecule has 0 bridgehead atoms. The van der Waals surface area contributed by atoms with Crippen LogP contribution in [0.25, 0.3) is 0 Å². The van der Waals surface area contributed by atoms with Crippen molar-refractivity contribution >= 4 is 0 Å². The maximum absolute atomic E-state index is 12.1. The van der Waals surface area contributed by atoms with Gasteiger partial charge in [0, 0.05) is 0 Å². The van der Waals surface area contributed by atoms with Crippen LogP contribution in [0, 0.1) is 6.92 Å². The first-order valence-corrected chi connectivity index (χ1v) is 6.88. The molecule has 0 heterocycles. The summed E-state index contributed by atoms with van der Waals surface area (Å²) >= 11 is 0. The highest BCUT2D eigenvalue weighted by molar-refractivity contribution is 5.34. The quantitative estimate of drug-likeness (QED) is 0.805. The van der Waals surface area contributed by atoms with Crippen molar-refractivity contribution in [1.82, 2.24) is 0 Å². The topological polar surface area (TPSA) is 35.2 Å². The van der Waals surface area contributed by atoms with Gasteiger partial charge in [-0.15, -0.1) is 13.2 Å². The van der Waals surface area contributed by atoms with Gasteiger partial charge in [-0.1, -0.05) is 26.3 Å². The number of unbranched alkanes of at least 4 members (excludes halogenated alkanes) is 1. The third-order valence-corrected chi connectivity index (χ3v) is 2.26. The van der Waals surface area contributed by atoms with Crippen molar-refractivity contribution in [2.45, 2.75) is 52.8 Å². The fourth-order valence-electron chi connectivity index (χ4n) is 1.63. The van der Waals surface area contributed by atoms with Gasteiger partial charge in [0.1, 0.15) is 5.75 Å². The molecular formula is C15H24F3NO. The van der Waals surface area contributed by atoms with Crippen LogP contribution >= 0.6 is 0 Å². The van der Waals surface area contributed by atoms with Crippen LogP contribution in [-0.2, 0) is 6.42 Å². The van der Waals surface area contributed by atoms with E-state index in [0.29, 0.717) is 13.0 Å². The number of nitrogens with two attached hydrogens (primary N) is 1. The second-order valence-electron chi connectivity index (χ2n) is 4.66. The fourth-order valence-corrected chi connectivity index (χ4v) is 1.63. The number of hydrogen-bond acceptors (Lipinski definition) is 2. The molecule has 0 saturated heterocycles. The van der Waals surface area contributed by atoms with Gasteiger partial charge >= 0.3 is 6.36 Å². The lowest BCUT2D eigenvalue weighted by Crippen LogP contribution is -2.17. The maximum Gasteiger partial charge on any atom is 0.573 e. The molecule has 1 rings (SSSR count). The molecule has 0 spiro atoms. The lowest BCUT2D eigenvalue weighted by Gasteiger charge is -2.11. The van der Waals surface area contributed by atoms with Crippen LogP contribution in [0.2, 0.25) is 0 Å². The van der Waals surface area contributed by atoms with Crippen LogP contribution in [0.3, 0.4) is 0 Å². The molecule has 0 aromatic heterocycles. The Labute approximate surface area is 119 Å². The summed E-state index contributed by atoms with van der Waals surface area (Å²) < 4.78 is 40.1. The Morgan fingerprint density at radius 1 is 1.10 bits per heavy atom. The molecule has 0 aliphatic heterocycles. The normalized spacial score (nSPS) is 10.8. The van der Waals surface area contributed by atoms with Crippen LogP contribution in [-0.4, -0.2) is 12.9 Å². The number of alkyl halides is 3. The summed E-state index contributed by atoms with van der Waals surface area (Å²) in [6, 6.07) is 4.66. The van der Waals surface area contributed by atoms with E-state index in [1.807, 2.05) is 6.07 Å². The molecule has 0 fully saturated rings. The van der Waals surface area contributed by atoms with Crippen LogP contribution in [0.15, 0.2) is 18.2 Å². The standard InChI is InChI=1S/C12H16F3NO.C3H8/c1-9-6-10(4-2-3-5-16)8-11(7-9)17-12(13,14)15;1-3-2/h6-8H,2-5,16H2,1H3;3H2,1-2H3. The van der Waals surface area contributed by atoms with E-state index in [1.165, 1.54) is 18.6 Å². The number of halogens is 3. The summed E-state index contributed by atoms with van der Waals surface area (Å²) in [7, 11) is 0. The maximum atomic E-state index is 12.1. The molecule has 0 aliphatic carbocycles. The zero-order valence-corrected chi connectivity index (χ0v) is 12.4. The van der Waals surface area contributed by atoms with E-state index in [4.69, 9.17) is 5.73 Å². The van der Waals surface area contributed by atoms with E-state index in [2.05, 4.69) is 18.6 Å². The highest BCUT2D eigenvalue weighted by Crippen LogP contribution is 2.25. The molecule has 0 atom stereocenters. The van der Waals surface area contributed by atoms with E-state index in [0.717, 1.165) is 24.0 Å². The van der Waals surface area contributed by atoms with Crippen molar-refractivity contribution in [1.29, 1.82) is 0 Å². The molecule has 0 radical (unpaired) electrons. The molecule has 116 valence electrons. The Bertz CT molecular complexity index is 378. The smallest absolute Gasteiger partial charge is 0.406 e. The first-order chi connectivity index (χ1) is 9.32. The largest absolute Gasteiger partial charge is 0.573 e. The Kier molecular flexibility index (Phi) is 9.05. The van der Waals surface area contributed by atoms with Gasteiger partial charge in [-0.25, -0.2) is 0 Å². The predicted octanol–water partition coefficient (Wildman–Crippen LogP) is 4.59. The van der Waals surface area contributed by atoms with E-state index in [-0.39, 0.29) is 5.75 Å². The highest BCUT2D eigenvalue weighted by atomic mass is 19.4. The molecule has 0 saturated carbocycles. The fraction of sp³-hybridized carbons (Fsp3) is 0.600. The van der Waals surface area contributed by atoms with Gasteiger partial charge in [0.15, 0.2) is 0 Å². The average Bonchev–Trinajstić information content (AvgIpc) is 2.27. The molecule has 1 aromatic carbocycles. The molecule has 2 N–H and O–H groups in total. The van der Waals surface area contributed by atoms with Gasteiger partial charge in [-0.05, 0) is 56.0 Å². The average molecular weight is 291 g/mol. The second-order valence-corrected chi connectivity index (χ2v) is 4.66. The molecule has 0 amide bonds. The van der Waals surface area contributed by atoms with Crippen molar-refractivity contribution in [2.24, 2.45) is 5.73 Å². The molecule has 1 aromatic rings. The van der Waals surface area contributed by atoms with Crippen molar-refractivity contribution < 1.29 is 17.9 Å². The van der Waals surface area contributed by atoms with Crippen LogP contribution in [0.4, 0.5) is 13.2 Å². The minimum Gasteiger partial charge on any atom is -0.406 e. The van der Waals surface area contributed by atoms with Crippen LogP contribution in [0.5, 0.6) is 5.75 Å². The van der Waals surface area contributed by atoms with Crippen LogP contribution in [0.1, 0.15) is 44.2 Å². The monoisotopic (exact) mass is 291 g/mol. The minimum absolute atomic E-state index is 0.153. The molecule has 5 heteroatoms. The molecular weight excluding hydrogens is 267 g/mol. The molecule has 0 aliphatic rings. The van der Waals surface area contributed by atoms with Gasteiger partial charge < -0.3 is 10.5 Å². The van der Waals surface area contributed by atoms with Gasteiger partial charge in [0.05, 0.1) is 0 Å². The van der Waals surface area contributed by atoms with E-state index < -0.39 is 6.36 Å². The molecule has 2 nitrogen and oxygen atoms in total. The SMILES string of the molecule is CCC.Cc1cc(CCCCN)cc(OC(F)(F)F)c1. The lowest BCUT2D eigenvalue weighted by atomic mass is 10.1. The van der Waals surface area contributed by atoms with Gasteiger partial charge in [-0.2, -0.15) is 0 Å². The summed E-state index contributed by atoms with van der Waals surface area (Å²) in [6.45, 7) is 6.59. The molecule has 0 unspecified atom stereocenters. The Morgan fingerprint density at radius 2 is 1.70 bits per heavy atom. The summed E-state index contributed by atoms with van der Waals surface area (Å²) in [5.41, 5.74) is 6.97. The van der Waals surface area contributed by atoms with E-state index >= 15 is 0 Å². The zero-order valence-electron chi connectivity index (χ0n) is 12.4. The van der Waals surface area contributed by atoms with E-state index in [1.54, 1.807) is 6.92 Å². The number of aryl methyl sites for hydroxylation is 2. The number of ether oxygens (including phenoxy) is 1. The van der Waals surface area contributed by atoms with Crippen LogP contribution < -0.4 is 10.5 Å². The third-order valence-electron chi connectivity index (χ3n) is 2.26. The zero-order chi connectivity index (χ0) is 15.6. The highest BCUT2D eigenvalue weighted by Gasteiger charge is 2.31. The molecule has 20 heavy (non-hydrogen) atoms. The first kappa shape index (κ1) is 18.8. The van der Waals surface area contributed by atoms with E-state index in [9.17, 15) is 13.2 Å². The number of rotatable bonds is 5. The lowest BCUT2D eigenvalue weighted by molar-refractivity contribution is -0.274. The minimum atomic E-state index is -4.64. The Balaban J connectivity index is 0.00000110. The summed E-state index contributed by atoms with van der Waals surface area (Å²) in [5.74, 6) is -0.153. The van der Waals surface area contributed by atoms with Crippen molar-refractivity contribution in [3.05, 3.63) is 29.3 Å². The van der Waals surface area contributed by atoms with Gasteiger partial charge in [0.25, 0.3) is 0 Å². The Hall–Kier alpha value is -1.23. The Morgan fingerprint density at radius 3 is 2.20 bits per heavy atom. The summed E-state index contributed by atoms with van der Waals surface area (Å²) in [4.78, 5) is 0. The van der Waals surface area contributed by atoms with Gasteiger partial charge in [0.2, 0.25) is 0 Å². The number of benzene rings is 1. The van der Waals surface area contributed by atoms with Crippen molar-refractivity contribution in [3.63, 3.8) is 0 Å². The van der Waals surface area contributed by atoms with Gasteiger partial charge in [-0.3, -0.25) is 0 Å². The van der Waals surface area contributed by atoms with Crippen molar-refractivity contribution in [2.75, 3.05) is 6.54 Å². The van der Waals surface area contributed by atoms with Crippen molar-refractivity contribution in [3.8, 4) is 5.75 Å².